The van der Waals surface area contributed by atoms with Crippen LogP contribution in [0.3, 0.4) is 0 Å². The summed E-state index contributed by atoms with van der Waals surface area (Å²) < 4.78 is 57.5. The Bertz CT molecular complexity index is 1750. The van der Waals surface area contributed by atoms with E-state index in [1.54, 1.807) is 13.8 Å². The number of aliphatic hydroxyl groups is 2. The molecule has 4 unspecified atom stereocenters. The molecule has 54 heavy (non-hydrogen) atoms. The topological polar surface area (TPSA) is 200 Å². The van der Waals surface area contributed by atoms with E-state index in [1.807, 2.05) is 0 Å². The quantitative estimate of drug-likeness (QED) is 0.0927. The Kier molecular flexibility index (Phi) is 10.3. The molecule has 4 atom stereocenters. The van der Waals surface area contributed by atoms with Gasteiger partial charge in [0.25, 0.3) is 10.1 Å². The third-order valence-corrected chi connectivity index (χ3v) is 14.2. The standard InChI is InChI=1S/C40H54O13S/c1-36(2,46)4-7-51-35(45)40-19-27-9-28(20-40)16-38(15-27,22-40)24-53-33(43)30-10-29(11-31(12-30)54(47,48)49)32(42)52-23-37-13-25-8-26(14-37)18-39(17-25,21-37)34(44)50-6-3-5-41/h10-12,25-28,41,46H,3-9,13-24H2,1-2H3,(H,47,48,49). The largest absolute Gasteiger partial charge is 0.465 e. The van der Waals surface area contributed by atoms with E-state index >= 15 is 0 Å². The first-order valence-electron chi connectivity index (χ1n) is 19.5. The van der Waals surface area contributed by atoms with Gasteiger partial charge in [-0.1, -0.05) is 0 Å². The fourth-order valence-electron chi connectivity index (χ4n) is 12.2. The Labute approximate surface area is 316 Å². The Morgan fingerprint density at radius 2 is 1.13 bits per heavy atom. The fraction of sp³-hybridized carbons (Fsp3) is 0.750. The Hall–Kier alpha value is -3.07. The van der Waals surface area contributed by atoms with E-state index in [1.165, 1.54) is 6.07 Å². The molecule has 14 heteroatoms. The lowest BCUT2D eigenvalue weighted by Gasteiger charge is -2.60. The molecule has 8 aliphatic rings. The van der Waals surface area contributed by atoms with Gasteiger partial charge in [-0.15, -0.1) is 0 Å². The summed E-state index contributed by atoms with van der Waals surface area (Å²) >= 11 is 0. The Morgan fingerprint density at radius 3 is 1.52 bits per heavy atom. The maximum Gasteiger partial charge on any atom is 0.338 e. The van der Waals surface area contributed by atoms with Gasteiger partial charge in [0.2, 0.25) is 0 Å². The molecule has 0 spiro atoms. The lowest BCUT2D eigenvalue weighted by atomic mass is 9.44. The molecule has 8 bridgehead atoms. The number of aliphatic hydroxyl groups excluding tert-OH is 1. The molecule has 8 saturated carbocycles. The highest BCUT2D eigenvalue weighted by atomic mass is 32.2. The molecule has 8 fully saturated rings. The van der Waals surface area contributed by atoms with Crippen LogP contribution >= 0.6 is 0 Å². The summed E-state index contributed by atoms with van der Waals surface area (Å²) in [4.78, 5) is 53.3. The van der Waals surface area contributed by atoms with Crippen molar-refractivity contribution in [2.45, 2.75) is 114 Å². The third-order valence-electron chi connectivity index (χ3n) is 13.4. The number of benzene rings is 1. The summed E-state index contributed by atoms with van der Waals surface area (Å²) in [5.74, 6) is -1.15. The van der Waals surface area contributed by atoms with E-state index in [0.29, 0.717) is 38.5 Å². The van der Waals surface area contributed by atoms with Crippen LogP contribution in [0, 0.1) is 45.3 Å². The lowest BCUT2D eigenvalue weighted by Crippen LogP contribution is -2.57. The number of rotatable bonds is 15. The smallest absolute Gasteiger partial charge is 0.338 e. The zero-order valence-electron chi connectivity index (χ0n) is 31.3. The molecule has 0 heterocycles. The summed E-state index contributed by atoms with van der Waals surface area (Å²) in [7, 11) is -4.83. The van der Waals surface area contributed by atoms with Crippen molar-refractivity contribution in [2.75, 3.05) is 33.0 Å². The van der Waals surface area contributed by atoms with Crippen molar-refractivity contribution in [3.63, 3.8) is 0 Å². The molecule has 0 aromatic heterocycles. The lowest BCUT2D eigenvalue weighted by molar-refractivity contribution is -0.186. The van der Waals surface area contributed by atoms with Crippen LogP contribution in [0.15, 0.2) is 23.1 Å². The summed E-state index contributed by atoms with van der Waals surface area (Å²) in [5, 5.41) is 19.2. The predicted molar refractivity (Wildman–Crippen MR) is 190 cm³/mol. The molecular formula is C40H54O13S. The molecule has 1 aromatic rings. The zero-order chi connectivity index (χ0) is 38.7. The molecule has 0 saturated heterocycles. The molecule has 1 aromatic carbocycles. The average molecular weight is 775 g/mol. The minimum atomic E-state index is -4.83. The summed E-state index contributed by atoms with van der Waals surface area (Å²) in [5.41, 5.74) is -3.69. The number of ether oxygens (including phenoxy) is 4. The monoisotopic (exact) mass is 774 g/mol. The second kappa shape index (κ2) is 14.1. The van der Waals surface area contributed by atoms with Crippen molar-refractivity contribution in [3.8, 4) is 0 Å². The summed E-state index contributed by atoms with van der Waals surface area (Å²) in [6.07, 6.45) is 9.66. The number of carbonyl (C=O) groups excluding carboxylic acids is 4. The number of hydrogen-bond donors (Lipinski definition) is 3. The molecule has 0 radical (unpaired) electrons. The van der Waals surface area contributed by atoms with E-state index in [0.717, 1.165) is 63.5 Å². The van der Waals surface area contributed by atoms with E-state index in [2.05, 4.69) is 0 Å². The predicted octanol–water partition coefficient (Wildman–Crippen LogP) is 5.05. The van der Waals surface area contributed by atoms with Gasteiger partial charge in [-0.05, 0) is 133 Å². The van der Waals surface area contributed by atoms with Crippen LogP contribution in [-0.2, 0) is 38.7 Å². The van der Waals surface area contributed by atoms with Crippen molar-refractivity contribution >= 4 is 34.0 Å². The minimum absolute atomic E-state index is 0.00244. The van der Waals surface area contributed by atoms with Gasteiger partial charge in [-0.2, -0.15) is 8.42 Å². The third kappa shape index (κ3) is 7.95. The highest BCUT2D eigenvalue weighted by Crippen LogP contribution is 2.67. The summed E-state index contributed by atoms with van der Waals surface area (Å²) in [6, 6.07) is 3.15. The second-order valence-electron chi connectivity index (χ2n) is 18.8. The van der Waals surface area contributed by atoms with Gasteiger partial charge in [0, 0.05) is 30.3 Å². The van der Waals surface area contributed by atoms with E-state index in [-0.39, 0.29) is 79.8 Å². The van der Waals surface area contributed by atoms with Crippen molar-refractivity contribution in [3.05, 3.63) is 29.3 Å². The first-order chi connectivity index (χ1) is 25.3. The molecule has 8 aliphatic carbocycles. The minimum Gasteiger partial charge on any atom is -0.465 e. The maximum atomic E-state index is 13.6. The fourth-order valence-corrected chi connectivity index (χ4v) is 12.8. The normalized spacial score (nSPS) is 34.8. The zero-order valence-corrected chi connectivity index (χ0v) is 32.1. The van der Waals surface area contributed by atoms with E-state index in [4.69, 9.17) is 24.1 Å². The van der Waals surface area contributed by atoms with Crippen molar-refractivity contribution in [2.24, 2.45) is 45.3 Å². The Morgan fingerprint density at radius 1 is 0.704 bits per heavy atom. The molecule has 298 valence electrons. The average Bonchev–Trinajstić information content (AvgIpc) is 3.07. The van der Waals surface area contributed by atoms with Gasteiger partial charge < -0.3 is 29.2 Å². The Balaban J connectivity index is 1.03. The van der Waals surface area contributed by atoms with Gasteiger partial charge in [0.1, 0.15) is 0 Å². The van der Waals surface area contributed by atoms with Gasteiger partial charge >= 0.3 is 23.9 Å². The second-order valence-corrected chi connectivity index (χ2v) is 20.2. The number of hydrogen-bond acceptors (Lipinski definition) is 12. The SMILES string of the molecule is CC(C)(O)CCOC(=O)C12CC3CC(CC(COC(=O)c4cc(C(=O)OCC56CC7CC(C5)CC(C(=O)OCCCO)(C7)C6)cc(S(=O)(=O)O)c4)(C3)C1)C2. The molecular weight excluding hydrogens is 720 g/mol. The molecule has 0 aliphatic heterocycles. The van der Waals surface area contributed by atoms with Crippen molar-refractivity contribution in [1.82, 2.24) is 0 Å². The molecule has 13 nitrogen and oxygen atoms in total. The van der Waals surface area contributed by atoms with Gasteiger partial charge in [-0.25, -0.2) is 9.59 Å². The van der Waals surface area contributed by atoms with Crippen LogP contribution in [0.25, 0.3) is 0 Å². The van der Waals surface area contributed by atoms with Crippen LogP contribution in [0.2, 0.25) is 0 Å². The van der Waals surface area contributed by atoms with Crippen LogP contribution in [-0.4, -0.2) is 85.7 Å². The number of carbonyl (C=O) groups is 4. The molecule has 3 N–H and O–H groups in total. The molecule has 9 rings (SSSR count). The number of esters is 4. The highest BCUT2D eigenvalue weighted by molar-refractivity contribution is 7.85. The first-order valence-corrected chi connectivity index (χ1v) is 20.9. The van der Waals surface area contributed by atoms with Crippen molar-refractivity contribution < 1.29 is 61.3 Å². The van der Waals surface area contributed by atoms with Gasteiger partial charge in [0.15, 0.2) is 0 Å². The summed E-state index contributed by atoms with van der Waals surface area (Å²) in [6.45, 7) is 3.52. The van der Waals surface area contributed by atoms with E-state index in [9.17, 15) is 37.3 Å². The highest BCUT2D eigenvalue weighted by Gasteiger charge is 2.63. The van der Waals surface area contributed by atoms with Crippen LogP contribution in [0.4, 0.5) is 0 Å². The van der Waals surface area contributed by atoms with Crippen molar-refractivity contribution in [1.29, 1.82) is 0 Å². The first kappa shape index (κ1) is 39.2. The van der Waals surface area contributed by atoms with Crippen LogP contribution in [0.1, 0.15) is 124 Å². The van der Waals surface area contributed by atoms with Crippen LogP contribution < -0.4 is 0 Å². The van der Waals surface area contributed by atoms with E-state index < -0.39 is 54.2 Å². The van der Waals surface area contributed by atoms with Gasteiger partial charge in [-0.3, -0.25) is 14.1 Å². The molecule has 0 amide bonds. The van der Waals surface area contributed by atoms with Gasteiger partial charge in [0.05, 0.1) is 58.9 Å². The maximum absolute atomic E-state index is 13.6. The van der Waals surface area contributed by atoms with Crippen LogP contribution in [0.5, 0.6) is 0 Å².